The fourth-order valence-electron chi connectivity index (χ4n) is 0.785. The predicted molar refractivity (Wildman–Crippen MR) is 165 cm³/mol. The number of nitrogens with zero attached hydrogens (tertiary/aromatic N) is 4. The van der Waals surface area contributed by atoms with Crippen molar-refractivity contribution in [3.05, 3.63) is 60.8 Å². The molecule has 0 aliphatic carbocycles. The van der Waals surface area contributed by atoms with Gasteiger partial charge >= 0.3 is 105 Å². The summed E-state index contributed by atoms with van der Waals surface area (Å²) in [6.07, 6.45) is 0. The number of carboxylic acid groups (broad SMARTS) is 1. The zero-order valence-electron chi connectivity index (χ0n) is 24.0. The van der Waals surface area contributed by atoms with Crippen LogP contribution < -0.4 is 0 Å². The summed E-state index contributed by atoms with van der Waals surface area (Å²) in [7, 11) is 1.20. The molecule has 22 heteroatoms. The SMILES string of the molecule is C=C(C#N)C(=O)Cl.C=C(C#N)C(=O)O.C=C(C#N)C(=O)OC.C=C(C)C(=O)OCCOC(=O)C(=C)C#N.ClP(Cl)(Cl)(Cl)Cl.[3H][V][F]. The molecule has 13 nitrogen and oxygen atoms in total. The van der Waals surface area contributed by atoms with Gasteiger partial charge in [0, 0.05) is 5.57 Å². The van der Waals surface area contributed by atoms with E-state index in [2.05, 4.69) is 47.1 Å². The molecule has 0 spiro atoms. The third-order valence-electron chi connectivity index (χ3n) is 2.61. The predicted octanol–water partition coefficient (Wildman–Crippen LogP) is 6.41. The maximum atomic E-state index is 10.9. The second kappa shape index (κ2) is 30.9. The molecule has 1 N–H and O–H groups in total. The Bertz CT molecular complexity index is 1280. The number of esters is 3. The first kappa shape index (κ1) is 51.5. The number of halogens is 7. The van der Waals surface area contributed by atoms with Crippen LogP contribution in [0.15, 0.2) is 60.8 Å². The van der Waals surface area contributed by atoms with Crippen LogP contribution in [-0.4, -0.2) is 55.4 Å². The molecular weight excluding hydrogens is 790 g/mol. The first-order valence-corrected chi connectivity index (χ1v) is 17.6. The molecule has 0 saturated heterocycles. The fourth-order valence-corrected chi connectivity index (χ4v) is 0.828. The molecule has 0 rings (SSSR count). The number of allylic oxidation sites excluding steroid dienone is 1. The van der Waals surface area contributed by atoms with Crippen LogP contribution in [0.5, 0.6) is 0 Å². The summed E-state index contributed by atoms with van der Waals surface area (Å²) in [5.41, 5.74) is -0.849. The quantitative estimate of drug-likeness (QED) is 0.0532. The Balaban J connectivity index is -0.000000112. The Labute approximate surface area is 297 Å². The normalized spacial score (nSPS) is 9.09. The van der Waals surface area contributed by atoms with Crippen molar-refractivity contribution in [3.63, 3.8) is 0 Å². The molecule has 0 radical (unpaired) electrons. The van der Waals surface area contributed by atoms with Gasteiger partial charge in [0.25, 0.3) is 5.24 Å². The monoisotopic (exact) mass is 811 g/mol. The van der Waals surface area contributed by atoms with Gasteiger partial charge in [-0.25, -0.2) is 19.2 Å². The van der Waals surface area contributed by atoms with Crippen molar-refractivity contribution < 1.29 is 64.5 Å². The molecule has 0 saturated carbocycles. The minimum absolute atomic E-state index is 0.0733. The van der Waals surface area contributed by atoms with Crippen LogP contribution in [0.1, 0.15) is 6.92 Å². The summed E-state index contributed by atoms with van der Waals surface area (Å²) in [6, 6.07) is 5.95. The van der Waals surface area contributed by atoms with E-state index in [1.165, 1.54) is 26.2 Å². The number of hydrogen-bond acceptors (Lipinski definition) is 12. The number of carboxylic acids is 1. The Hall–Kier alpha value is -3.11. The van der Waals surface area contributed by atoms with Gasteiger partial charge in [0.1, 0.15) is 59.8 Å². The average Bonchev–Trinajstić information content (AvgIpc) is 2.96. The number of aliphatic carboxylic acids is 1. The second-order valence-corrected chi connectivity index (χ2v) is 23.1. The summed E-state index contributed by atoms with van der Waals surface area (Å²) in [4.78, 5) is 51.3. The van der Waals surface area contributed by atoms with Crippen molar-refractivity contribution in [2.75, 3.05) is 20.3 Å². The van der Waals surface area contributed by atoms with E-state index in [1.54, 1.807) is 12.1 Å². The fraction of sp³-hybridized carbons (Fsp3) is 0.174. The van der Waals surface area contributed by atoms with Crippen molar-refractivity contribution in [1.29, 1.82) is 21.9 Å². The number of methoxy groups -OCH3 is 1. The second-order valence-electron chi connectivity index (χ2n) is 6.12. The summed E-state index contributed by atoms with van der Waals surface area (Å²) in [5, 5.41) is 39.0. The van der Waals surface area contributed by atoms with Crippen LogP contribution in [0.3, 0.4) is 0 Å². The van der Waals surface area contributed by atoms with Gasteiger partial charge in [0.15, 0.2) is 0 Å². The van der Waals surface area contributed by atoms with Gasteiger partial charge in [0.2, 0.25) is 0 Å². The van der Waals surface area contributed by atoms with E-state index in [0.29, 0.717) is 0 Å². The minimum atomic E-state index is -3.69. The molecular formula is C23H22Cl6FN4O9PV. The van der Waals surface area contributed by atoms with Crippen molar-refractivity contribution in [3.8, 4) is 24.3 Å². The summed E-state index contributed by atoms with van der Waals surface area (Å²) in [6.45, 7) is 16.9. The number of ether oxygens (including phenoxy) is 3. The molecule has 0 aromatic rings. The molecule has 45 heavy (non-hydrogen) atoms. The van der Waals surface area contributed by atoms with E-state index < -0.39 is 55.8 Å². The number of carbonyl (C=O) groups excluding carboxylic acids is 4. The standard InChI is InChI=1S/C10H11NO4.C5H5NO2.C4H2ClNO.C4H3NO2.Cl5P.FH.V.H/c1-7(2)9(12)14-4-5-15-10(13)8(3)6-11;1-4(3-6)5(7)8-2;1-3(2-6)4(5)7;1-3(2-5)4(6)7;1-6(2,3,4)5;;;/h1,3-5H2,2H3;1H2,2H3;1H2;1H2,(H,6,7);;1H;;/q;;;;;;+1;/p-1/i;;;;;;;1+2. The molecule has 0 aliphatic rings. The Morgan fingerprint density at radius 2 is 1.07 bits per heavy atom. The van der Waals surface area contributed by atoms with Crippen molar-refractivity contribution in [1.82, 2.24) is 0 Å². The Kier molecular flexibility index (Phi) is 35.3. The van der Waals surface area contributed by atoms with Crippen LogP contribution >= 0.6 is 71.2 Å². The Morgan fingerprint density at radius 3 is 1.22 bits per heavy atom. The zero-order chi connectivity index (χ0) is 38.3. The zero-order valence-corrected chi connectivity index (χ0v) is 29.8. The van der Waals surface area contributed by atoms with Crippen molar-refractivity contribution in [2.45, 2.75) is 6.92 Å². The van der Waals surface area contributed by atoms with Gasteiger partial charge in [-0.3, -0.25) is 4.79 Å². The summed E-state index contributed by atoms with van der Waals surface area (Å²) >= 11 is 28.1. The van der Waals surface area contributed by atoms with Gasteiger partial charge in [0.05, 0.1) is 7.11 Å². The van der Waals surface area contributed by atoms with Crippen LogP contribution in [0.25, 0.3) is 0 Å². The van der Waals surface area contributed by atoms with Crippen LogP contribution in [-0.2, 0) is 55.9 Å². The molecule has 0 unspecified atom stereocenters. The number of rotatable bonds is 8. The van der Waals surface area contributed by atoms with Gasteiger partial charge < -0.3 is 19.3 Å². The van der Waals surface area contributed by atoms with Crippen molar-refractivity contribution >= 4 is 100 Å². The molecule has 0 aromatic carbocycles. The molecule has 0 aromatic heterocycles. The molecule has 247 valence electrons. The molecule has 0 heterocycles. The third kappa shape index (κ3) is 53.8. The van der Waals surface area contributed by atoms with Crippen molar-refractivity contribution in [2.24, 2.45) is 0 Å². The van der Waals surface area contributed by atoms with Crippen LogP contribution in [0, 0.1) is 45.3 Å². The molecule has 0 aliphatic heterocycles. The van der Waals surface area contributed by atoms with E-state index in [4.69, 9.17) is 94.8 Å². The van der Waals surface area contributed by atoms with Crippen LogP contribution in [0.4, 0.5) is 3.41 Å². The molecule has 0 bridgehead atoms. The third-order valence-corrected chi connectivity index (χ3v) is 2.84. The summed E-state index contributed by atoms with van der Waals surface area (Å²) in [5.74, 6) is -3.30. The number of carbonyl (C=O) groups is 5. The maximum absolute atomic E-state index is 10.9. The van der Waals surface area contributed by atoms with E-state index in [9.17, 15) is 27.4 Å². The molecule has 0 amide bonds. The van der Waals surface area contributed by atoms with Gasteiger partial charge in [-0.1, -0.05) is 32.9 Å². The van der Waals surface area contributed by atoms with Crippen LogP contribution in [0.2, 0.25) is 0 Å². The van der Waals surface area contributed by atoms with Gasteiger partial charge in [-0.2, -0.15) is 21.0 Å². The van der Waals surface area contributed by atoms with E-state index >= 15 is 0 Å². The van der Waals surface area contributed by atoms with E-state index in [-0.39, 0.29) is 35.5 Å². The number of nitriles is 4. The van der Waals surface area contributed by atoms with Gasteiger partial charge in [-0.15, -0.1) is 0 Å². The summed E-state index contributed by atoms with van der Waals surface area (Å²) < 4.78 is 25.3. The first-order chi connectivity index (χ1) is 20.7. The Morgan fingerprint density at radius 1 is 0.778 bits per heavy atom. The molecule has 0 atom stereocenters. The topological polar surface area (TPSA) is 228 Å². The van der Waals surface area contributed by atoms with Gasteiger partial charge in [-0.05, 0) is 18.5 Å². The molecule has 0 fully saturated rings. The number of hydrogen-bond donors (Lipinski definition) is 1. The van der Waals surface area contributed by atoms with E-state index in [0.717, 1.165) is 0 Å². The van der Waals surface area contributed by atoms with E-state index in [1.807, 2.05) is 0 Å². The average molecular weight is 814 g/mol. The first-order valence-electron chi connectivity index (χ1n) is 10.4.